The molecule has 0 aliphatic heterocycles. The Morgan fingerprint density at radius 3 is 1.97 bits per heavy atom. The van der Waals surface area contributed by atoms with E-state index >= 15 is 0 Å². The summed E-state index contributed by atoms with van der Waals surface area (Å²) < 4.78 is 26.8. The summed E-state index contributed by atoms with van der Waals surface area (Å²) in [5, 5.41) is 5.74. The molecule has 29 heavy (non-hydrogen) atoms. The molecule has 0 atom stereocenters. The maximum atomic E-state index is 12.1. The van der Waals surface area contributed by atoms with Crippen LogP contribution in [0.1, 0.15) is 64.7 Å². The molecular formula is C22H37N3O3S. The van der Waals surface area contributed by atoms with E-state index in [0.717, 1.165) is 64.3 Å². The van der Waals surface area contributed by atoms with Crippen LogP contribution >= 0.6 is 0 Å². The SMILES string of the molecule is CCCCCNC(=O)NCCCCC=CCCCCNS(=O)(=O)c1ccccc1. The molecule has 0 unspecified atom stereocenters. The highest BCUT2D eigenvalue weighted by molar-refractivity contribution is 7.89. The van der Waals surface area contributed by atoms with Gasteiger partial charge in [0.25, 0.3) is 0 Å². The zero-order valence-electron chi connectivity index (χ0n) is 17.7. The number of urea groups is 1. The minimum atomic E-state index is -3.39. The third-order valence-corrected chi connectivity index (χ3v) is 5.94. The van der Waals surface area contributed by atoms with Crippen LogP contribution in [-0.2, 0) is 10.0 Å². The topological polar surface area (TPSA) is 87.3 Å². The van der Waals surface area contributed by atoms with E-state index < -0.39 is 10.0 Å². The number of hydrogen-bond donors (Lipinski definition) is 3. The zero-order chi connectivity index (χ0) is 21.2. The minimum absolute atomic E-state index is 0.0699. The molecule has 7 heteroatoms. The third-order valence-electron chi connectivity index (χ3n) is 4.46. The number of unbranched alkanes of at least 4 members (excludes halogenated alkanes) is 6. The van der Waals surface area contributed by atoms with Crippen LogP contribution in [0.15, 0.2) is 47.4 Å². The van der Waals surface area contributed by atoms with Gasteiger partial charge in [-0.15, -0.1) is 0 Å². The van der Waals surface area contributed by atoms with Gasteiger partial charge in [-0.3, -0.25) is 0 Å². The highest BCUT2D eigenvalue weighted by Gasteiger charge is 2.11. The molecule has 2 amide bonds. The van der Waals surface area contributed by atoms with Gasteiger partial charge in [-0.1, -0.05) is 50.1 Å². The van der Waals surface area contributed by atoms with Gasteiger partial charge in [-0.25, -0.2) is 17.9 Å². The van der Waals surface area contributed by atoms with Crippen LogP contribution in [0, 0.1) is 0 Å². The largest absolute Gasteiger partial charge is 0.338 e. The molecule has 0 aromatic heterocycles. The highest BCUT2D eigenvalue weighted by atomic mass is 32.2. The van der Waals surface area contributed by atoms with E-state index in [4.69, 9.17) is 0 Å². The fourth-order valence-corrected chi connectivity index (χ4v) is 3.84. The van der Waals surface area contributed by atoms with Crippen molar-refractivity contribution in [1.82, 2.24) is 15.4 Å². The normalized spacial score (nSPS) is 11.6. The lowest BCUT2D eigenvalue weighted by molar-refractivity contribution is 0.240. The molecule has 3 N–H and O–H groups in total. The van der Waals surface area contributed by atoms with Gasteiger partial charge in [0.2, 0.25) is 10.0 Å². The van der Waals surface area contributed by atoms with E-state index in [1.54, 1.807) is 30.3 Å². The van der Waals surface area contributed by atoms with Gasteiger partial charge < -0.3 is 10.6 Å². The molecule has 0 radical (unpaired) electrons. The summed E-state index contributed by atoms with van der Waals surface area (Å²) in [6.07, 6.45) is 13.4. The summed E-state index contributed by atoms with van der Waals surface area (Å²) in [6, 6.07) is 8.37. The Morgan fingerprint density at radius 1 is 0.828 bits per heavy atom. The second kappa shape index (κ2) is 16.0. The van der Waals surface area contributed by atoms with Gasteiger partial charge in [0.05, 0.1) is 4.90 Å². The number of rotatable bonds is 16. The molecule has 6 nitrogen and oxygen atoms in total. The summed E-state index contributed by atoms with van der Waals surface area (Å²) >= 11 is 0. The van der Waals surface area contributed by atoms with E-state index in [1.165, 1.54) is 0 Å². The smallest absolute Gasteiger partial charge is 0.314 e. The molecule has 0 saturated carbocycles. The second-order valence-electron chi connectivity index (χ2n) is 7.06. The van der Waals surface area contributed by atoms with Crippen molar-refractivity contribution in [3.63, 3.8) is 0 Å². The number of carbonyl (C=O) groups excluding carboxylic acids is 1. The number of nitrogens with one attached hydrogen (secondary N) is 3. The highest BCUT2D eigenvalue weighted by Crippen LogP contribution is 2.07. The minimum Gasteiger partial charge on any atom is -0.338 e. The van der Waals surface area contributed by atoms with Crippen molar-refractivity contribution in [2.75, 3.05) is 19.6 Å². The Bertz CT molecular complexity index is 676. The first-order valence-electron chi connectivity index (χ1n) is 10.8. The quantitative estimate of drug-likeness (QED) is 0.273. The van der Waals surface area contributed by atoms with E-state index in [2.05, 4.69) is 34.4 Å². The molecule has 1 aromatic rings. The van der Waals surface area contributed by atoms with Gasteiger partial charge in [-0.2, -0.15) is 0 Å². The summed E-state index contributed by atoms with van der Waals surface area (Å²) in [4.78, 5) is 11.8. The Kier molecular flexibility index (Phi) is 13.9. The van der Waals surface area contributed by atoms with Crippen LogP contribution in [0.2, 0.25) is 0 Å². The molecule has 0 aliphatic carbocycles. The molecular weight excluding hydrogens is 386 g/mol. The Morgan fingerprint density at radius 2 is 1.38 bits per heavy atom. The first-order chi connectivity index (χ1) is 14.1. The number of amides is 2. The lowest BCUT2D eigenvalue weighted by Crippen LogP contribution is -2.36. The van der Waals surface area contributed by atoms with Crippen molar-refractivity contribution < 1.29 is 13.2 Å². The number of benzene rings is 1. The fourth-order valence-electron chi connectivity index (χ4n) is 2.74. The van der Waals surface area contributed by atoms with Crippen LogP contribution in [0.4, 0.5) is 4.79 Å². The lowest BCUT2D eigenvalue weighted by Gasteiger charge is -2.06. The predicted octanol–water partition coefficient (Wildman–Crippen LogP) is 4.35. The number of carbonyl (C=O) groups is 1. The first-order valence-corrected chi connectivity index (χ1v) is 12.3. The summed E-state index contributed by atoms with van der Waals surface area (Å²) in [5.74, 6) is 0. The molecule has 164 valence electrons. The zero-order valence-corrected chi connectivity index (χ0v) is 18.5. The molecule has 0 heterocycles. The second-order valence-corrected chi connectivity index (χ2v) is 8.83. The van der Waals surface area contributed by atoms with Gasteiger partial charge in [0, 0.05) is 19.6 Å². The summed E-state index contributed by atoms with van der Waals surface area (Å²) in [7, 11) is -3.39. The number of sulfonamides is 1. The van der Waals surface area contributed by atoms with E-state index in [1.807, 2.05) is 0 Å². The van der Waals surface area contributed by atoms with Crippen LogP contribution < -0.4 is 15.4 Å². The lowest BCUT2D eigenvalue weighted by atomic mass is 10.2. The predicted molar refractivity (Wildman–Crippen MR) is 119 cm³/mol. The van der Waals surface area contributed by atoms with E-state index in [-0.39, 0.29) is 6.03 Å². The van der Waals surface area contributed by atoms with E-state index in [9.17, 15) is 13.2 Å². The molecule has 0 spiro atoms. The molecule has 1 rings (SSSR count). The van der Waals surface area contributed by atoms with Crippen LogP contribution in [0.25, 0.3) is 0 Å². The average Bonchev–Trinajstić information content (AvgIpc) is 2.72. The average molecular weight is 424 g/mol. The Hall–Kier alpha value is -1.86. The number of hydrogen-bond acceptors (Lipinski definition) is 3. The summed E-state index contributed by atoms with van der Waals surface area (Å²) in [6.45, 7) is 4.05. The Labute approximate surface area is 176 Å². The standard InChI is InChI=1S/C22H37N3O3S/c1-2-3-13-18-23-22(26)24-19-14-8-6-4-5-7-9-15-20-25-29(27,28)21-16-11-10-12-17-21/h4-5,10-12,16-17,25H,2-3,6-9,13-15,18-20H2,1H3,(H2,23,24,26). The fraction of sp³-hybridized carbons (Fsp3) is 0.591. The van der Waals surface area contributed by atoms with Gasteiger partial charge in [-0.05, 0) is 57.1 Å². The molecule has 1 aromatic carbocycles. The van der Waals surface area contributed by atoms with Crippen molar-refractivity contribution in [3.05, 3.63) is 42.5 Å². The molecule has 0 bridgehead atoms. The maximum absolute atomic E-state index is 12.1. The first kappa shape index (κ1) is 25.2. The van der Waals surface area contributed by atoms with Gasteiger partial charge in [0.1, 0.15) is 0 Å². The van der Waals surface area contributed by atoms with Gasteiger partial charge in [0.15, 0.2) is 0 Å². The molecule has 0 aliphatic rings. The van der Waals surface area contributed by atoms with Crippen molar-refractivity contribution >= 4 is 16.1 Å². The third kappa shape index (κ3) is 13.1. The van der Waals surface area contributed by atoms with E-state index in [0.29, 0.717) is 18.0 Å². The summed E-state index contributed by atoms with van der Waals surface area (Å²) in [5.41, 5.74) is 0. The van der Waals surface area contributed by atoms with Crippen molar-refractivity contribution in [3.8, 4) is 0 Å². The van der Waals surface area contributed by atoms with Crippen molar-refractivity contribution in [2.45, 2.75) is 69.6 Å². The van der Waals surface area contributed by atoms with Crippen LogP contribution in [-0.4, -0.2) is 34.1 Å². The van der Waals surface area contributed by atoms with Crippen molar-refractivity contribution in [1.29, 1.82) is 0 Å². The molecule has 0 saturated heterocycles. The van der Waals surface area contributed by atoms with Crippen molar-refractivity contribution in [2.24, 2.45) is 0 Å². The van der Waals surface area contributed by atoms with Gasteiger partial charge >= 0.3 is 6.03 Å². The Balaban J connectivity index is 1.94. The van der Waals surface area contributed by atoms with Crippen LogP contribution in [0.5, 0.6) is 0 Å². The van der Waals surface area contributed by atoms with Crippen LogP contribution in [0.3, 0.4) is 0 Å². The number of allylic oxidation sites excluding steroid dienone is 2. The maximum Gasteiger partial charge on any atom is 0.314 e. The monoisotopic (exact) mass is 423 g/mol. The molecule has 0 fully saturated rings.